The molecule has 0 heterocycles. The Morgan fingerprint density at radius 3 is 2.65 bits per heavy atom. The van der Waals surface area contributed by atoms with Crippen LogP contribution in [0.3, 0.4) is 0 Å². The molecule has 0 saturated heterocycles. The summed E-state index contributed by atoms with van der Waals surface area (Å²) in [7, 11) is 1.44. The summed E-state index contributed by atoms with van der Waals surface area (Å²) in [6.45, 7) is 0. The second kappa shape index (κ2) is 3.72. The predicted octanol–water partition coefficient (Wildman–Crippen LogP) is 2.49. The quantitative estimate of drug-likeness (QED) is 0.775. The Morgan fingerprint density at radius 1 is 1.20 bits per heavy atom. The van der Waals surface area contributed by atoms with Crippen LogP contribution < -0.4 is 0 Å². The first kappa shape index (κ1) is 12.1. The fourth-order valence-electron chi connectivity index (χ4n) is 5.23. The van der Waals surface area contributed by atoms with E-state index in [-0.39, 0.29) is 23.2 Å². The average molecular weight is 270 g/mol. The summed E-state index contributed by atoms with van der Waals surface area (Å²) in [5, 5.41) is 0. The minimum Gasteiger partial charge on any atom is -0.469 e. The van der Waals surface area contributed by atoms with Gasteiger partial charge in [-0.2, -0.15) is 0 Å². The number of carbonyl (C=O) groups excluding carboxylic acids is 2. The standard InChI is InChI=1S/C17H18O3/c1-20-15(19)17-8-11-7-16(10-17,9-13(17)14(11)18)12-5-3-2-4-6-12/h2-6,11,13H,7-10H2,1H3. The summed E-state index contributed by atoms with van der Waals surface area (Å²) >= 11 is 0. The van der Waals surface area contributed by atoms with Gasteiger partial charge in [0.05, 0.1) is 12.5 Å². The van der Waals surface area contributed by atoms with Crippen LogP contribution in [0.4, 0.5) is 0 Å². The number of ketones is 1. The van der Waals surface area contributed by atoms with Crippen LogP contribution in [0, 0.1) is 17.3 Å². The van der Waals surface area contributed by atoms with Crippen LogP contribution >= 0.6 is 0 Å². The van der Waals surface area contributed by atoms with Gasteiger partial charge in [-0.05, 0) is 36.7 Å². The van der Waals surface area contributed by atoms with Gasteiger partial charge in [-0.25, -0.2) is 0 Å². The number of methoxy groups -OCH3 is 1. The first-order chi connectivity index (χ1) is 9.61. The molecule has 0 spiro atoms. The monoisotopic (exact) mass is 270 g/mol. The zero-order valence-corrected chi connectivity index (χ0v) is 11.6. The maximum absolute atomic E-state index is 12.4. The van der Waals surface area contributed by atoms with E-state index in [0.29, 0.717) is 12.2 Å². The van der Waals surface area contributed by atoms with Gasteiger partial charge in [0.2, 0.25) is 0 Å². The Kier molecular flexibility index (Phi) is 2.25. The highest BCUT2D eigenvalue weighted by Gasteiger charge is 2.71. The lowest BCUT2D eigenvalue weighted by molar-refractivity contribution is -0.155. The van der Waals surface area contributed by atoms with E-state index in [0.717, 1.165) is 19.3 Å². The molecule has 3 heteroatoms. The second-order valence-electron chi connectivity index (χ2n) is 6.74. The minimum atomic E-state index is -0.537. The Hall–Kier alpha value is -1.64. The molecule has 5 rings (SSSR count). The van der Waals surface area contributed by atoms with Crippen LogP contribution in [0.5, 0.6) is 0 Å². The molecule has 104 valence electrons. The van der Waals surface area contributed by atoms with Crippen molar-refractivity contribution in [3.63, 3.8) is 0 Å². The number of carbonyl (C=O) groups is 2. The summed E-state index contributed by atoms with van der Waals surface area (Å²) in [5.74, 6) is 0.0750. The predicted molar refractivity (Wildman–Crippen MR) is 73.0 cm³/mol. The number of hydrogen-bond donors (Lipinski definition) is 0. The van der Waals surface area contributed by atoms with Crippen molar-refractivity contribution in [2.75, 3.05) is 7.11 Å². The van der Waals surface area contributed by atoms with Gasteiger partial charge in [-0.3, -0.25) is 9.59 Å². The summed E-state index contributed by atoms with van der Waals surface area (Å²) in [5.41, 5.74) is 0.759. The molecule has 0 amide bonds. The number of esters is 1. The first-order valence-electron chi connectivity index (χ1n) is 7.29. The lowest BCUT2D eigenvalue weighted by Gasteiger charge is -2.39. The van der Waals surface area contributed by atoms with Crippen LogP contribution in [0.15, 0.2) is 30.3 Å². The summed E-state index contributed by atoms with van der Waals surface area (Å²) in [6, 6.07) is 10.4. The molecule has 4 unspecified atom stereocenters. The van der Waals surface area contributed by atoms with Crippen LogP contribution in [0.1, 0.15) is 31.2 Å². The largest absolute Gasteiger partial charge is 0.469 e. The van der Waals surface area contributed by atoms with Crippen LogP contribution in [-0.4, -0.2) is 18.9 Å². The molecule has 0 radical (unpaired) electrons. The summed E-state index contributed by atoms with van der Waals surface area (Å²) < 4.78 is 5.05. The smallest absolute Gasteiger partial charge is 0.312 e. The van der Waals surface area contributed by atoms with E-state index in [9.17, 15) is 9.59 Å². The Bertz CT molecular complexity index is 594. The van der Waals surface area contributed by atoms with Crippen molar-refractivity contribution < 1.29 is 14.3 Å². The van der Waals surface area contributed by atoms with E-state index in [1.54, 1.807) is 0 Å². The van der Waals surface area contributed by atoms with Crippen molar-refractivity contribution in [1.29, 1.82) is 0 Å². The number of rotatable bonds is 2. The summed E-state index contributed by atoms with van der Waals surface area (Å²) in [4.78, 5) is 24.7. The Balaban J connectivity index is 1.82. The van der Waals surface area contributed by atoms with Crippen molar-refractivity contribution in [2.45, 2.75) is 31.1 Å². The first-order valence-corrected chi connectivity index (χ1v) is 7.29. The van der Waals surface area contributed by atoms with Crippen molar-refractivity contribution in [3.8, 4) is 0 Å². The molecular formula is C17H18O3. The van der Waals surface area contributed by atoms with E-state index >= 15 is 0 Å². The lowest BCUT2D eigenvalue weighted by atomic mass is 9.63. The molecule has 1 aromatic carbocycles. The zero-order chi connectivity index (χ0) is 14.0. The number of hydrogen-bond acceptors (Lipinski definition) is 3. The maximum atomic E-state index is 12.4. The van der Waals surface area contributed by atoms with Crippen molar-refractivity contribution in [2.24, 2.45) is 17.3 Å². The molecule has 4 saturated carbocycles. The molecule has 0 aromatic heterocycles. The van der Waals surface area contributed by atoms with Gasteiger partial charge in [-0.15, -0.1) is 0 Å². The highest BCUT2D eigenvalue weighted by Crippen LogP contribution is 2.69. The van der Waals surface area contributed by atoms with E-state index in [1.165, 1.54) is 12.7 Å². The minimum absolute atomic E-state index is 0.0109. The molecule has 4 aliphatic rings. The number of benzene rings is 1. The van der Waals surface area contributed by atoms with Gasteiger partial charge in [0.25, 0.3) is 0 Å². The fourth-order valence-corrected chi connectivity index (χ4v) is 5.23. The van der Waals surface area contributed by atoms with Crippen molar-refractivity contribution in [3.05, 3.63) is 35.9 Å². The molecule has 20 heavy (non-hydrogen) atoms. The Morgan fingerprint density at radius 2 is 1.95 bits per heavy atom. The molecule has 0 N–H and O–H groups in total. The maximum Gasteiger partial charge on any atom is 0.312 e. The molecule has 4 aliphatic carbocycles. The van der Waals surface area contributed by atoms with E-state index < -0.39 is 5.41 Å². The summed E-state index contributed by atoms with van der Waals surface area (Å²) in [6.07, 6.45) is 3.22. The fraction of sp³-hybridized carbons (Fsp3) is 0.529. The third-order valence-electron chi connectivity index (χ3n) is 5.89. The van der Waals surface area contributed by atoms with E-state index in [2.05, 4.69) is 12.1 Å². The zero-order valence-electron chi connectivity index (χ0n) is 11.6. The molecule has 4 atom stereocenters. The van der Waals surface area contributed by atoms with Gasteiger partial charge in [-0.1, -0.05) is 30.3 Å². The molecular weight excluding hydrogens is 252 g/mol. The van der Waals surface area contributed by atoms with Crippen molar-refractivity contribution >= 4 is 11.8 Å². The lowest BCUT2D eigenvalue weighted by Crippen LogP contribution is -2.38. The van der Waals surface area contributed by atoms with Gasteiger partial charge in [0.15, 0.2) is 0 Å². The van der Waals surface area contributed by atoms with Gasteiger partial charge >= 0.3 is 5.97 Å². The topological polar surface area (TPSA) is 43.4 Å². The van der Waals surface area contributed by atoms with Gasteiger partial charge in [0.1, 0.15) is 5.78 Å². The second-order valence-corrected chi connectivity index (χ2v) is 6.74. The van der Waals surface area contributed by atoms with Crippen LogP contribution in [0.2, 0.25) is 0 Å². The average Bonchev–Trinajstić information content (AvgIpc) is 2.85. The van der Waals surface area contributed by atoms with Crippen LogP contribution in [-0.2, 0) is 19.7 Å². The number of Topliss-reactive ketones (excluding diaryl/α,β-unsaturated/α-hetero) is 1. The number of ether oxygens (including phenoxy) is 1. The molecule has 4 fully saturated rings. The van der Waals surface area contributed by atoms with Gasteiger partial charge in [0, 0.05) is 11.8 Å². The molecule has 4 bridgehead atoms. The SMILES string of the molecule is COC(=O)C12CC3CC(c4ccccc4)(CC1C3=O)C2. The van der Waals surface area contributed by atoms with E-state index in [4.69, 9.17) is 4.74 Å². The third-order valence-corrected chi connectivity index (χ3v) is 5.89. The molecule has 3 nitrogen and oxygen atoms in total. The third kappa shape index (κ3) is 1.26. The Labute approximate surface area is 118 Å². The van der Waals surface area contributed by atoms with Gasteiger partial charge < -0.3 is 4.74 Å². The molecule has 1 aromatic rings. The highest BCUT2D eigenvalue weighted by molar-refractivity contribution is 5.97. The normalized spacial score (nSPS) is 41.1. The van der Waals surface area contributed by atoms with Crippen molar-refractivity contribution in [1.82, 2.24) is 0 Å². The van der Waals surface area contributed by atoms with E-state index in [1.807, 2.05) is 18.2 Å². The van der Waals surface area contributed by atoms with Crippen LogP contribution in [0.25, 0.3) is 0 Å². The molecule has 0 aliphatic heterocycles. The highest BCUT2D eigenvalue weighted by atomic mass is 16.5.